The van der Waals surface area contributed by atoms with Crippen LogP contribution in [-0.2, 0) is 19.1 Å². The number of rotatable bonds is 6. The molecule has 0 heterocycles. The van der Waals surface area contributed by atoms with E-state index in [2.05, 4.69) is 11.3 Å². The first kappa shape index (κ1) is 17.9. The third-order valence-corrected chi connectivity index (χ3v) is 3.21. The molecule has 1 fully saturated rings. The minimum atomic E-state index is -1.14. The molecule has 0 bridgehead atoms. The third kappa shape index (κ3) is 3.94. The number of allylic oxidation sites excluding steroid dienone is 1. The van der Waals surface area contributed by atoms with E-state index in [1.165, 1.54) is 7.11 Å². The first-order valence-corrected chi connectivity index (χ1v) is 5.96. The molecule has 0 radical (unpaired) electrons. The highest BCUT2D eigenvalue weighted by Gasteiger charge is 2.66. The van der Waals surface area contributed by atoms with Gasteiger partial charge in [0.25, 0.3) is 0 Å². The maximum Gasteiger partial charge on any atom is 0.324 e. The number of methoxy groups -OCH3 is 1. The predicted octanol–water partition coefficient (Wildman–Crippen LogP) is -2.39. The summed E-state index contributed by atoms with van der Waals surface area (Å²) in [5.74, 6) is -1.18. The molecule has 0 aromatic carbocycles. The molecule has 110 valence electrons. The minimum absolute atomic E-state index is 0. The molecule has 1 saturated carbocycles. The summed E-state index contributed by atoms with van der Waals surface area (Å²) in [6, 6.07) is 0. The van der Waals surface area contributed by atoms with Gasteiger partial charge in [0.2, 0.25) is 0 Å². The van der Waals surface area contributed by atoms with Crippen molar-refractivity contribution in [1.82, 2.24) is 0 Å². The van der Waals surface area contributed by atoms with E-state index in [4.69, 9.17) is 4.74 Å². The number of carbonyl (C=O) groups excluding carboxylic acids is 2. The third-order valence-electron chi connectivity index (χ3n) is 3.21. The van der Waals surface area contributed by atoms with Crippen LogP contribution in [0, 0.1) is 11.3 Å². The van der Waals surface area contributed by atoms with Crippen molar-refractivity contribution in [3.05, 3.63) is 12.7 Å². The van der Waals surface area contributed by atoms with Crippen LogP contribution in [0.4, 0.5) is 0 Å². The molecule has 2 atom stereocenters. The summed E-state index contributed by atoms with van der Waals surface area (Å²) in [6.07, 6.45) is 2.05. The smallest absolute Gasteiger partial charge is 0.324 e. The standard InChI is InChI=1S/C13H22NO4.ClH/c1-6-10-9-13(10,11(15)17-5)12(16)18-8-7-14(2,3)4;/h6,10H,1,7-9H2,2-5H3;1H/q+1;/p-1. The number of esters is 2. The van der Waals surface area contributed by atoms with Gasteiger partial charge in [-0.25, -0.2) is 0 Å². The number of carbonyl (C=O) groups is 2. The van der Waals surface area contributed by atoms with Gasteiger partial charge in [0, 0.05) is 5.92 Å². The molecule has 1 aliphatic carbocycles. The van der Waals surface area contributed by atoms with Gasteiger partial charge in [-0.3, -0.25) is 9.59 Å². The molecule has 0 spiro atoms. The summed E-state index contributed by atoms with van der Waals surface area (Å²) in [5.41, 5.74) is -1.14. The molecule has 0 saturated heterocycles. The molecule has 0 aliphatic heterocycles. The summed E-state index contributed by atoms with van der Waals surface area (Å²) in [7, 11) is 7.30. The van der Waals surface area contributed by atoms with Gasteiger partial charge in [-0.15, -0.1) is 6.58 Å². The van der Waals surface area contributed by atoms with Gasteiger partial charge >= 0.3 is 11.9 Å². The molecule has 0 amide bonds. The fourth-order valence-electron chi connectivity index (χ4n) is 1.85. The van der Waals surface area contributed by atoms with Crippen molar-refractivity contribution < 1.29 is 36.0 Å². The fourth-order valence-corrected chi connectivity index (χ4v) is 1.85. The van der Waals surface area contributed by atoms with Crippen LogP contribution in [0.5, 0.6) is 0 Å². The second-order valence-corrected chi connectivity index (χ2v) is 5.66. The highest BCUT2D eigenvalue weighted by Crippen LogP contribution is 2.55. The largest absolute Gasteiger partial charge is 1.00 e. The number of nitrogens with zero attached hydrogens (tertiary/aromatic N) is 1. The van der Waals surface area contributed by atoms with Gasteiger partial charge < -0.3 is 26.4 Å². The Morgan fingerprint density at radius 3 is 2.32 bits per heavy atom. The van der Waals surface area contributed by atoms with Crippen molar-refractivity contribution in [2.75, 3.05) is 41.4 Å². The molecule has 0 N–H and O–H groups in total. The number of likely N-dealkylation sites (N-methyl/N-ethyl adjacent to an activating group) is 1. The molecule has 1 aliphatic rings. The van der Waals surface area contributed by atoms with Crippen LogP contribution in [0.25, 0.3) is 0 Å². The number of hydrogen-bond acceptors (Lipinski definition) is 4. The molecular weight excluding hydrogens is 270 g/mol. The molecule has 0 aromatic rings. The zero-order valence-corrected chi connectivity index (χ0v) is 12.7. The average Bonchev–Trinajstić information content (AvgIpc) is 3.01. The second kappa shape index (κ2) is 6.39. The summed E-state index contributed by atoms with van der Waals surface area (Å²) >= 11 is 0. The number of halogens is 1. The van der Waals surface area contributed by atoms with Crippen molar-refractivity contribution in [2.24, 2.45) is 11.3 Å². The normalized spacial score (nSPS) is 24.9. The van der Waals surface area contributed by atoms with Crippen molar-refractivity contribution in [2.45, 2.75) is 6.42 Å². The molecule has 5 nitrogen and oxygen atoms in total. The van der Waals surface area contributed by atoms with Crippen molar-refractivity contribution in [1.29, 1.82) is 0 Å². The Bertz CT molecular complexity index is 364. The Labute approximate surface area is 120 Å². The average molecular weight is 292 g/mol. The summed E-state index contributed by atoms with van der Waals surface area (Å²) in [5, 5.41) is 0. The lowest BCUT2D eigenvalue weighted by atomic mass is 10.0. The summed E-state index contributed by atoms with van der Waals surface area (Å²) in [6.45, 7) is 4.61. The van der Waals surface area contributed by atoms with Crippen LogP contribution in [0.3, 0.4) is 0 Å². The Morgan fingerprint density at radius 1 is 1.37 bits per heavy atom. The molecular formula is C13H22ClNO4. The maximum atomic E-state index is 12.0. The zero-order valence-electron chi connectivity index (χ0n) is 11.9. The maximum absolute atomic E-state index is 12.0. The highest BCUT2D eigenvalue weighted by molar-refractivity contribution is 6.04. The van der Waals surface area contributed by atoms with Gasteiger partial charge in [-0.2, -0.15) is 0 Å². The summed E-state index contributed by atoms with van der Waals surface area (Å²) in [4.78, 5) is 23.7. The van der Waals surface area contributed by atoms with Crippen molar-refractivity contribution in [3.8, 4) is 0 Å². The Balaban J connectivity index is 0.00000324. The van der Waals surface area contributed by atoms with E-state index in [9.17, 15) is 9.59 Å². The van der Waals surface area contributed by atoms with Crippen molar-refractivity contribution in [3.63, 3.8) is 0 Å². The van der Waals surface area contributed by atoms with Crippen LogP contribution in [0.2, 0.25) is 0 Å². The Kier molecular flexibility index (Phi) is 6.03. The van der Waals surface area contributed by atoms with E-state index >= 15 is 0 Å². The second-order valence-electron chi connectivity index (χ2n) is 5.66. The van der Waals surface area contributed by atoms with Crippen LogP contribution in [0.15, 0.2) is 12.7 Å². The Morgan fingerprint density at radius 2 is 1.95 bits per heavy atom. The van der Waals surface area contributed by atoms with Gasteiger partial charge in [-0.05, 0) is 6.42 Å². The first-order chi connectivity index (χ1) is 8.28. The minimum Gasteiger partial charge on any atom is -1.00 e. The van der Waals surface area contributed by atoms with Gasteiger partial charge in [-0.1, -0.05) is 6.08 Å². The lowest BCUT2D eigenvalue weighted by Crippen LogP contribution is -3.00. The first-order valence-electron chi connectivity index (χ1n) is 5.96. The highest BCUT2D eigenvalue weighted by atomic mass is 35.5. The molecule has 6 heteroatoms. The van der Waals surface area contributed by atoms with Crippen LogP contribution < -0.4 is 12.4 Å². The predicted molar refractivity (Wildman–Crippen MR) is 66.6 cm³/mol. The molecule has 19 heavy (non-hydrogen) atoms. The number of quaternary nitrogens is 1. The number of hydrogen-bond donors (Lipinski definition) is 0. The summed E-state index contributed by atoms with van der Waals surface area (Å²) < 4.78 is 10.6. The van der Waals surface area contributed by atoms with Crippen molar-refractivity contribution >= 4 is 11.9 Å². The topological polar surface area (TPSA) is 52.6 Å². The molecule has 1 rings (SSSR count). The molecule has 2 unspecified atom stereocenters. The van der Waals surface area contributed by atoms with E-state index in [-0.39, 0.29) is 18.3 Å². The van der Waals surface area contributed by atoms with E-state index in [1.807, 2.05) is 21.1 Å². The quantitative estimate of drug-likeness (QED) is 0.237. The van der Waals surface area contributed by atoms with Gasteiger partial charge in [0.1, 0.15) is 13.2 Å². The molecule has 0 aromatic heterocycles. The Hall–Kier alpha value is -1.07. The van der Waals surface area contributed by atoms with Crippen LogP contribution in [-0.4, -0.2) is 57.8 Å². The zero-order chi connectivity index (χ0) is 14.0. The lowest BCUT2D eigenvalue weighted by molar-refractivity contribution is -0.870. The fraction of sp³-hybridized carbons (Fsp3) is 0.692. The van der Waals surface area contributed by atoms with Crippen LogP contribution in [0.1, 0.15) is 6.42 Å². The van der Waals surface area contributed by atoms with E-state index < -0.39 is 17.4 Å². The van der Waals surface area contributed by atoms with E-state index in [1.54, 1.807) is 6.08 Å². The van der Waals surface area contributed by atoms with Gasteiger partial charge in [0.05, 0.1) is 28.3 Å². The monoisotopic (exact) mass is 291 g/mol. The van der Waals surface area contributed by atoms with E-state index in [0.29, 0.717) is 24.1 Å². The lowest BCUT2D eigenvalue weighted by Gasteiger charge is -2.24. The van der Waals surface area contributed by atoms with Gasteiger partial charge in [0.15, 0.2) is 5.41 Å². The van der Waals surface area contributed by atoms with Crippen LogP contribution >= 0.6 is 0 Å². The van der Waals surface area contributed by atoms with E-state index in [0.717, 1.165) is 0 Å². The number of ether oxygens (including phenoxy) is 2. The SMILES string of the molecule is C=CC1CC1(C(=O)OC)C(=O)OCC[N+](C)(C)C.[Cl-].